The Balaban J connectivity index is 1.92. The number of aryl methyl sites for hydroxylation is 1. The van der Waals surface area contributed by atoms with Crippen molar-refractivity contribution < 1.29 is 9.59 Å². The molecule has 1 heterocycles. The highest BCUT2D eigenvalue weighted by atomic mass is 16.2. The third-order valence-corrected chi connectivity index (χ3v) is 4.79. The van der Waals surface area contributed by atoms with Crippen molar-refractivity contribution in [3.05, 3.63) is 35.4 Å². The number of carbonyl (C=O) groups is 2. The molecule has 2 amide bonds. The number of piperidine rings is 1. The first kappa shape index (κ1) is 18.5. The molecule has 2 atom stereocenters. The second-order valence-corrected chi connectivity index (χ2v) is 6.72. The summed E-state index contributed by atoms with van der Waals surface area (Å²) in [5, 5.41) is 2.83. The summed E-state index contributed by atoms with van der Waals surface area (Å²) in [6.07, 6.45) is 2.21. The maximum Gasteiger partial charge on any atom is 0.224 e. The minimum absolute atomic E-state index is 0.0184. The van der Waals surface area contributed by atoms with Crippen LogP contribution in [0.2, 0.25) is 0 Å². The average molecular weight is 331 g/mol. The van der Waals surface area contributed by atoms with Gasteiger partial charge in [0.1, 0.15) is 0 Å². The fraction of sp³-hybridized carbons (Fsp3) is 0.579. The van der Waals surface area contributed by atoms with Crippen molar-refractivity contribution in [2.24, 2.45) is 11.7 Å². The maximum absolute atomic E-state index is 12.6. The number of hydrogen-bond acceptors (Lipinski definition) is 3. The molecule has 5 nitrogen and oxygen atoms in total. The Labute approximate surface area is 144 Å². The van der Waals surface area contributed by atoms with Crippen LogP contribution in [0.5, 0.6) is 0 Å². The van der Waals surface area contributed by atoms with E-state index in [0.29, 0.717) is 26.1 Å². The number of nitrogens with one attached hydrogen (secondary N) is 1. The zero-order valence-electron chi connectivity index (χ0n) is 14.8. The summed E-state index contributed by atoms with van der Waals surface area (Å²) >= 11 is 0. The van der Waals surface area contributed by atoms with Crippen molar-refractivity contribution in [3.8, 4) is 0 Å². The fourth-order valence-corrected chi connectivity index (χ4v) is 3.40. The van der Waals surface area contributed by atoms with Crippen molar-refractivity contribution in [1.29, 1.82) is 0 Å². The Morgan fingerprint density at radius 3 is 2.83 bits per heavy atom. The molecular weight excluding hydrogens is 302 g/mol. The van der Waals surface area contributed by atoms with Gasteiger partial charge in [0.2, 0.25) is 11.8 Å². The standard InChI is InChI=1S/C19H29N3O2/c1-14-6-3-4-8-17(14)15(2)12-18(23)22-11-5-7-16(13-22)19(24)21-10-9-20/h3-4,6,8,15-16H,5,7,9-13,20H2,1-2H3,(H,21,24). The lowest BCUT2D eigenvalue weighted by Gasteiger charge is -2.33. The average Bonchev–Trinajstić information content (AvgIpc) is 2.60. The van der Waals surface area contributed by atoms with Gasteiger partial charge < -0.3 is 16.0 Å². The highest BCUT2D eigenvalue weighted by Crippen LogP contribution is 2.25. The molecule has 5 heteroatoms. The predicted octanol–water partition coefficient (Wildman–Crippen LogP) is 1.80. The summed E-state index contributed by atoms with van der Waals surface area (Å²) in [6, 6.07) is 8.20. The Bertz CT molecular complexity index is 573. The zero-order valence-corrected chi connectivity index (χ0v) is 14.8. The molecule has 0 radical (unpaired) electrons. The highest BCUT2D eigenvalue weighted by Gasteiger charge is 2.28. The number of nitrogens with zero attached hydrogens (tertiary/aromatic N) is 1. The molecule has 0 bridgehead atoms. The minimum Gasteiger partial charge on any atom is -0.355 e. The van der Waals surface area contributed by atoms with E-state index in [1.807, 2.05) is 17.0 Å². The van der Waals surface area contributed by atoms with Gasteiger partial charge in [0.15, 0.2) is 0 Å². The van der Waals surface area contributed by atoms with Gasteiger partial charge >= 0.3 is 0 Å². The first-order valence-electron chi connectivity index (χ1n) is 8.84. The Morgan fingerprint density at radius 1 is 1.38 bits per heavy atom. The first-order valence-corrected chi connectivity index (χ1v) is 8.84. The predicted molar refractivity (Wildman–Crippen MR) is 95.6 cm³/mol. The van der Waals surface area contributed by atoms with Crippen LogP contribution in [0.4, 0.5) is 0 Å². The highest BCUT2D eigenvalue weighted by molar-refractivity contribution is 5.81. The van der Waals surface area contributed by atoms with E-state index in [9.17, 15) is 9.59 Å². The number of benzene rings is 1. The molecule has 0 saturated carbocycles. The normalized spacial score (nSPS) is 19.0. The number of nitrogens with two attached hydrogens (primary N) is 1. The molecular formula is C19H29N3O2. The van der Waals surface area contributed by atoms with Crippen LogP contribution >= 0.6 is 0 Å². The van der Waals surface area contributed by atoms with Crippen molar-refractivity contribution in [2.75, 3.05) is 26.2 Å². The lowest BCUT2D eigenvalue weighted by molar-refractivity contribution is -0.136. The molecule has 2 unspecified atom stereocenters. The van der Waals surface area contributed by atoms with E-state index < -0.39 is 0 Å². The van der Waals surface area contributed by atoms with Crippen molar-refractivity contribution in [1.82, 2.24) is 10.2 Å². The van der Waals surface area contributed by atoms with Crippen LogP contribution in [0.3, 0.4) is 0 Å². The van der Waals surface area contributed by atoms with Gasteiger partial charge in [-0.3, -0.25) is 9.59 Å². The van der Waals surface area contributed by atoms with E-state index in [1.54, 1.807) is 0 Å². The van der Waals surface area contributed by atoms with Gasteiger partial charge in [0.05, 0.1) is 5.92 Å². The molecule has 0 spiro atoms. The van der Waals surface area contributed by atoms with E-state index >= 15 is 0 Å². The van der Waals surface area contributed by atoms with Gasteiger partial charge in [-0.15, -0.1) is 0 Å². The second kappa shape index (κ2) is 8.83. The largest absolute Gasteiger partial charge is 0.355 e. The summed E-state index contributed by atoms with van der Waals surface area (Å²) in [6.45, 7) is 6.38. The SMILES string of the molecule is Cc1ccccc1C(C)CC(=O)N1CCCC(C(=O)NCCN)C1. The van der Waals surface area contributed by atoms with Crippen LogP contribution < -0.4 is 11.1 Å². The Morgan fingerprint density at radius 2 is 2.12 bits per heavy atom. The molecule has 2 rings (SSSR count). The van der Waals surface area contributed by atoms with Crippen LogP contribution in [0.25, 0.3) is 0 Å². The third-order valence-electron chi connectivity index (χ3n) is 4.79. The third kappa shape index (κ3) is 4.81. The lowest BCUT2D eigenvalue weighted by Crippen LogP contribution is -2.46. The molecule has 1 aliphatic rings. The Hall–Kier alpha value is -1.88. The first-order chi connectivity index (χ1) is 11.5. The number of amides is 2. The molecule has 1 aromatic rings. The van der Waals surface area contributed by atoms with E-state index in [2.05, 4.69) is 31.3 Å². The summed E-state index contributed by atoms with van der Waals surface area (Å²) < 4.78 is 0. The van der Waals surface area contributed by atoms with Gasteiger partial charge in [-0.05, 0) is 36.8 Å². The van der Waals surface area contributed by atoms with Crippen LogP contribution in [0.1, 0.15) is 43.2 Å². The van der Waals surface area contributed by atoms with Gasteiger partial charge in [-0.1, -0.05) is 31.2 Å². The minimum atomic E-state index is -0.108. The van der Waals surface area contributed by atoms with Crippen molar-refractivity contribution in [2.45, 2.75) is 39.0 Å². The van der Waals surface area contributed by atoms with Crippen molar-refractivity contribution >= 4 is 11.8 Å². The van der Waals surface area contributed by atoms with Crippen molar-refractivity contribution in [3.63, 3.8) is 0 Å². The van der Waals surface area contributed by atoms with E-state index in [-0.39, 0.29) is 23.7 Å². The number of rotatable bonds is 6. The second-order valence-electron chi connectivity index (χ2n) is 6.72. The molecule has 1 saturated heterocycles. The summed E-state index contributed by atoms with van der Waals surface area (Å²) in [5.41, 5.74) is 7.87. The number of likely N-dealkylation sites (tertiary alicyclic amines) is 1. The van der Waals surface area contributed by atoms with Gasteiger partial charge in [0, 0.05) is 32.6 Å². The molecule has 0 aliphatic carbocycles. The molecule has 24 heavy (non-hydrogen) atoms. The zero-order chi connectivity index (χ0) is 17.5. The topological polar surface area (TPSA) is 75.4 Å². The quantitative estimate of drug-likeness (QED) is 0.834. The Kier molecular flexibility index (Phi) is 6.79. The summed E-state index contributed by atoms with van der Waals surface area (Å²) in [4.78, 5) is 26.6. The smallest absolute Gasteiger partial charge is 0.224 e. The molecule has 132 valence electrons. The summed E-state index contributed by atoms with van der Waals surface area (Å²) in [7, 11) is 0. The molecule has 3 N–H and O–H groups in total. The van der Waals surface area contributed by atoms with Gasteiger partial charge in [-0.25, -0.2) is 0 Å². The molecule has 1 aromatic carbocycles. The van der Waals surface area contributed by atoms with Crippen LogP contribution in [-0.4, -0.2) is 42.9 Å². The molecule has 1 aliphatic heterocycles. The maximum atomic E-state index is 12.6. The molecule has 0 aromatic heterocycles. The van der Waals surface area contributed by atoms with E-state index in [1.165, 1.54) is 11.1 Å². The van der Waals surface area contributed by atoms with E-state index in [0.717, 1.165) is 19.4 Å². The van der Waals surface area contributed by atoms with E-state index in [4.69, 9.17) is 5.73 Å². The fourth-order valence-electron chi connectivity index (χ4n) is 3.40. The van der Waals surface area contributed by atoms with Crippen LogP contribution in [0.15, 0.2) is 24.3 Å². The monoisotopic (exact) mass is 331 g/mol. The summed E-state index contributed by atoms with van der Waals surface area (Å²) in [5.74, 6) is 0.236. The van der Waals surface area contributed by atoms with Gasteiger partial charge in [0.25, 0.3) is 0 Å². The van der Waals surface area contributed by atoms with Gasteiger partial charge in [-0.2, -0.15) is 0 Å². The number of carbonyl (C=O) groups excluding carboxylic acids is 2. The molecule has 1 fully saturated rings. The lowest BCUT2D eigenvalue weighted by atomic mass is 9.92. The number of hydrogen-bond donors (Lipinski definition) is 2. The van der Waals surface area contributed by atoms with Crippen LogP contribution in [0, 0.1) is 12.8 Å². The van der Waals surface area contributed by atoms with Crippen LogP contribution in [-0.2, 0) is 9.59 Å².